The van der Waals surface area contributed by atoms with Crippen LogP contribution in [0, 0.1) is 6.92 Å². The predicted octanol–water partition coefficient (Wildman–Crippen LogP) is 4.99. The number of carbonyl (C=O) groups is 1. The topological polar surface area (TPSA) is 75.7 Å². The van der Waals surface area contributed by atoms with Crippen LogP contribution in [0.1, 0.15) is 24.5 Å². The first-order valence-corrected chi connectivity index (χ1v) is 12.9. The lowest BCUT2D eigenvalue weighted by atomic mass is 10.1. The minimum atomic E-state index is -3.98. The Morgan fingerprint density at radius 2 is 1.74 bits per heavy atom. The number of carbonyl (C=O) groups excluding carboxylic acids is 1. The second-order valence-electron chi connectivity index (χ2n) is 7.90. The van der Waals surface area contributed by atoms with E-state index >= 15 is 0 Å². The van der Waals surface area contributed by atoms with Gasteiger partial charge in [-0.15, -0.1) is 0 Å². The van der Waals surface area contributed by atoms with E-state index in [0.29, 0.717) is 10.7 Å². The van der Waals surface area contributed by atoms with Crippen molar-refractivity contribution in [2.45, 2.75) is 31.6 Å². The van der Waals surface area contributed by atoms with Gasteiger partial charge >= 0.3 is 0 Å². The SMILES string of the molecule is CCCc1ccc(OCCNC(=O)CN(c2cccc(Cl)c2)S(=O)(=O)c2ccc(C)cc2)cc1. The van der Waals surface area contributed by atoms with Crippen LogP contribution in [0.4, 0.5) is 5.69 Å². The van der Waals surface area contributed by atoms with Gasteiger partial charge in [0.1, 0.15) is 18.9 Å². The molecule has 0 heterocycles. The van der Waals surface area contributed by atoms with E-state index in [-0.39, 0.29) is 24.6 Å². The number of amides is 1. The van der Waals surface area contributed by atoms with Crippen LogP contribution < -0.4 is 14.4 Å². The van der Waals surface area contributed by atoms with Crippen molar-refractivity contribution in [2.24, 2.45) is 0 Å². The van der Waals surface area contributed by atoms with E-state index in [9.17, 15) is 13.2 Å². The van der Waals surface area contributed by atoms with Gasteiger partial charge in [0.25, 0.3) is 10.0 Å². The quantitative estimate of drug-likeness (QED) is 0.376. The molecule has 0 radical (unpaired) electrons. The smallest absolute Gasteiger partial charge is 0.264 e. The molecule has 0 atom stereocenters. The summed E-state index contributed by atoms with van der Waals surface area (Å²) in [6, 6.07) is 20.8. The lowest BCUT2D eigenvalue weighted by molar-refractivity contribution is -0.119. The normalized spacial score (nSPS) is 11.1. The first kappa shape index (κ1) is 25.6. The monoisotopic (exact) mass is 500 g/mol. The fraction of sp³-hybridized carbons (Fsp3) is 0.269. The van der Waals surface area contributed by atoms with E-state index in [0.717, 1.165) is 28.5 Å². The maximum absolute atomic E-state index is 13.4. The van der Waals surface area contributed by atoms with E-state index in [1.54, 1.807) is 30.3 Å². The van der Waals surface area contributed by atoms with E-state index in [1.807, 2.05) is 31.2 Å². The zero-order chi connectivity index (χ0) is 24.6. The van der Waals surface area contributed by atoms with Gasteiger partial charge in [-0.05, 0) is 61.4 Å². The number of halogens is 1. The van der Waals surface area contributed by atoms with Crippen LogP contribution in [0.5, 0.6) is 5.75 Å². The molecule has 3 aromatic carbocycles. The maximum Gasteiger partial charge on any atom is 0.264 e. The molecule has 0 saturated heterocycles. The predicted molar refractivity (Wildman–Crippen MR) is 136 cm³/mol. The lowest BCUT2D eigenvalue weighted by Gasteiger charge is -2.24. The Morgan fingerprint density at radius 1 is 1.03 bits per heavy atom. The minimum absolute atomic E-state index is 0.0979. The number of hydrogen-bond acceptors (Lipinski definition) is 4. The Labute approximate surface area is 206 Å². The zero-order valence-electron chi connectivity index (χ0n) is 19.3. The standard InChI is InChI=1S/C26H29ClN2O4S/c1-3-5-21-10-12-24(13-11-21)33-17-16-28-26(30)19-29(23-7-4-6-22(27)18-23)34(31,32)25-14-8-20(2)9-15-25/h4,6-15,18H,3,5,16-17,19H2,1-2H3,(H,28,30). The maximum atomic E-state index is 13.4. The Kier molecular flexibility index (Phi) is 8.96. The summed E-state index contributed by atoms with van der Waals surface area (Å²) < 4.78 is 33.5. The minimum Gasteiger partial charge on any atom is -0.492 e. The summed E-state index contributed by atoms with van der Waals surface area (Å²) in [7, 11) is -3.98. The average Bonchev–Trinajstić information content (AvgIpc) is 2.82. The Hall–Kier alpha value is -3.03. The highest BCUT2D eigenvalue weighted by atomic mass is 35.5. The summed E-state index contributed by atoms with van der Waals surface area (Å²) in [5.74, 6) is 0.272. The third-order valence-corrected chi connectivity index (χ3v) is 7.17. The average molecular weight is 501 g/mol. The molecule has 0 aliphatic rings. The van der Waals surface area contributed by atoms with Crippen molar-refractivity contribution in [1.29, 1.82) is 0 Å². The summed E-state index contributed by atoms with van der Waals surface area (Å²) in [5, 5.41) is 3.10. The number of benzene rings is 3. The zero-order valence-corrected chi connectivity index (χ0v) is 20.9. The van der Waals surface area contributed by atoms with Crippen LogP contribution in [0.15, 0.2) is 77.7 Å². The van der Waals surface area contributed by atoms with E-state index < -0.39 is 15.9 Å². The number of anilines is 1. The number of nitrogens with one attached hydrogen (secondary N) is 1. The van der Waals surface area contributed by atoms with Crippen molar-refractivity contribution in [1.82, 2.24) is 5.32 Å². The summed E-state index contributed by atoms with van der Waals surface area (Å²) in [4.78, 5) is 12.8. The Morgan fingerprint density at radius 3 is 2.38 bits per heavy atom. The molecule has 8 heteroatoms. The van der Waals surface area contributed by atoms with Crippen molar-refractivity contribution in [2.75, 3.05) is 24.0 Å². The van der Waals surface area contributed by atoms with Gasteiger partial charge in [0.15, 0.2) is 0 Å². The van der Waals surface area contributed by atoms with Crippen LogP contribution in [0.25, 0.3) is 0 Å². The Balaban J connectivity index is 1.65. The molecule has 0 aliphatic carbocycles. The molecule has 1 N–H and O–H groups in total. The highest BCUT2D eigenvalue weighted by molar-refractivity contribution is 7.92. The van der Waals surface area contributed by atoms with Crippen LogP contribution in [0.3, 0.4) is 0 Å². The molecule has 6 nitrogen and oxygen atoms in total. The van der Waals surface area contributed by atoms with Crippen molar-refractivity contribution in [3.8, 4) is 5.75 Å². The molecular weight excluding hydrogens is 472 g/mol. The number of rotatable bonds is 11. The highest BCUT2D eigenvalue weighted by Gasteiger charge is 2.27. The lowest BCUT2D eigenvalue weighted by Crippen LogP contribution is -2.41. The van der Waals surface area contributed by atoms with Gasteiger partial charge in [0.05, 0.1) is 17.1 Å². The second-order valence-corrected chi connectivity index (χ2v) is 10.2. The molecule has 0 saturated carbocycles. The number of ether oxygens (including phenoxy) is 1. The van der Waals surface area contributed by atoms with Gasteiger partial charge in [-0.2, -0.15) is 0 Å². The summed E-state index contributed by atoms with van der Waals surface area (Å²) in [6.07, 6.45) is 2.10. The molecule has 1 amide bonds. The number of nitrogens with zero attached hydrogens (tertiary/aromatic N) is 1. The number of hydrogen-bond donors (Lipinski definition) is 1. The van der Waals surface area contributed by atoms with Crippen LogP contribution in [0.2, 0.25) is 5.02 Å². The molecule has 0 bridgehead atoms. The van der Waals surface area contributed by atoms with Crippen molar-refractivity contribution in [3.63, 3.8) is 0 Å². The molecule has 180 valence electrons. The fourth-order valence-electron chi connectivity index (χ4n) is 3.37. The molecule has 0 aliphatic heterocycles. The molecule has 3 rings (SSSR count). The first-order chi connectivity index (χ1) is 16.3. The molecule has 0 aromatic heterocycles. The van der Waals surface area contributed by atoms with Gasteiger partial charge in [-0.3, -0.25) is 9.10 Å². The van der Waals surface area contributed by atoms with E-state index in [4.69, 9.17) is 16.3 Å². The van der Waals surface area contributed by atoms with Crippen LogP contribution in [-0.2, 0) is 21.2 Å². The van der Waals surface area contributed by atoms with Crippen molar-refractivity contribution < 1.29 is 17.9 Å². The van der Waals surface area contributed by atoms with Gasteiger partial charge in [-0.25, -0.2) is 8.42 Å². The van der Waals surface area contributed by atoms with Gasteiger partial charge in [-0.1, -0.05) is 60.8 Å². The molecule has 0 unspecified atom stereocenters. The highest BCUT2D eigenvalue weighted by Crippen LogP contribution is 2.26. The van der Waals surface area contributed by atoms with Crippen LogP contribution >= 0.6 is 11.6 Å². The summed E-state index contributed by atoms with van der Waals surface area (Å²) in [5.41, 5.74) is 2.50. The molecule has 34 heavy (non-hydrogen) atoms. The van der Waals surface area contributed by atoms with Gasteiger partial charge in [0, 0.05) is 5.02 Å². The molecule has 3 aromatic rings. The summed E-state index contributed by atoms with van der Waals surface area (Å²) in [6.45, 7) is 4.12. The molecule has 0 spiro atoms. The molecule has 0 fully saturated rings. The van der Waals surface area contributed by atoms with Crippen molar-refractivity contribution in [3.05, 3.63) is 88.9 Å². The van der Waals surface area contributed by atoms with Crippen LogP contribution in [-0.4, -0.2) is 34.0 Å². The summed E-state index contributed by atoms with van der Waals surface area (Å²) >= 11 is 6.09. The first-order valence-electron chi connectivity index (χ1n) is 11.1. The molecular formula is C26H29ClN2O4S. The number of aryl methyl sites for hydroxylation is 2. The third-order valence-electron chi connectivity index (χ3n) is 5.15. The Bertz CT molecular complexity index is 1200. The van der Waals surface area contributed by atoms with E-state index in [2.05, 4.69) is 12.2 Å². The largest absolute Gasteiger partial charge is 0.492 e. The third kappa shape index (κ3) is 6.98. The van der Waals surface area contributed by atoms with Gasteiger partial charge in [0.2, 0.25) is 5.91 Å². The van der Waals surface area contributed by atoms with E-state index in [1.165, 1.54) is 23.8 Å². The second kappa shape index (κ2) is 11.9. The fourth-order valence-corrected chi connectivity index (χ4v) is 4.97. The van der Waals surface area contributed by atoms with Crippen molar-refractivity contribution >= 4 is 33.2 Å². The van der Waals surface area contributed by atoms with Gasteiger partial charge < -0.3 is 10.1 Å². The number of sulfonamides is 1.